The zero-order valence-corrected chi connectivity index (χ0v) is 16.9. The first kappa shape index (κ1) is 19.7. The topological polar surface area (TPSA) is 78.8 Å². The van der Waals surface area contributed by atoms with Crippen LogP contribution in [0.25, 0.3) is 0 Å². The molecule has 0 aromatic heterocycles. The van der Waals surface area contributed by atoms with Gasteiger partial charge in [-0.2, -0.15) is 4.31 Å². The first-order valence-electron chi connectivity index (χ1n) is 9.60. The van der Waals surface area contributed by atoms with E-state index in [2.05, 4.69) is 10.3 Å². The minimum absolute atomic E-state index is 0.191. The highest BCUT2D eigenvalue weighted by Gasteiger charge is 2.44. The number of amides is 1. The summed E-state index contributed by atoms with van der Waals surface area (Å²) in [6.07, 6.45) is 1.57. The van der Waals surface area contributed by atoms with Crippen molar-refractivity contribution < 1.29 is 17.6 Å². The van der Waals surface area contributed by atoms with Gasteiger partial charge in [-0.25, -0.2) is 12.8 Å². The van der Waals surface area contributed by atoms with E-state index in [1.54, 1.807) is 18.2 Å². The van der Waals surface area contributed by atoms with E-state index in [9.17, 15) is 17.6 Å². The molecule has 0 saturated carbocycles. The minimum Gasteiger partial charge on any atom is -0.326 e. The highest BCUT2D eigenvalue weighted by molar-refractivity contribution is 7.89. The lowest BCUT2D eigenvalue weighted by Gasteiger charge is -2.36. The van der Waals surface area contributed by atoms with Gasteiger partial charge in [0.05, 0.1) is 4.90 Å². The Bertz CT molecular complexity index is 1070. The van der Waals surface area contributed by atoms with E-state index in [1.807, 2.05) is 19.1 Å². The van der Waals surface area contributed by atoms with Crippen molar-refractivity contribution in [1.82, 2.24) is 9.62 Å². The lowest BCUT2D eigenvalue weighted by Crippen LogP contribution is -2.52. The van der Waals surface area contributed by atoms with Gasteiger partial charge in [0, 0.05) is 31.5 Å². The van der Waals surface area contributed by atoms with E-state index in [-0.39, 0.29) is 29.6 Å². The van der Waals surface area contributed by atoms with Gasteiger partial charge in [-0.05, 0) is 36.2 Å². The molecule has 2 heterocycles. The maximum Gasteiger partial charge on any atom is 0.272 e. The molecule has 1 saturated heterocycles. The number of carbonyl (C=O) groups is 1. The van der Waals surface area contributed by atoms with Gasteiger partial charge in [-0.15, -0.1) is 0 Å². The number of aliphatic imine (C=N–C) groups is 1. The quantitative estimate of drug-likeness (QED) is 0.833. The normalized spacial score (nSPS) is 19.2. The van der Waals surface area contributed by atoms with Crippen LogP contribution in [0.15, 0.2) is 58.4 Å². The summed E-state index contributed by atoms with van der Waals surface area (Å²) < 4.78 is 40.8. The molecule has 1 N–H and O–H groups in total. The van der Waals surface area contributed by atoms with Crippen molar-refractivity contribution in [2.45, 2.75) is 36.7 Å². The van der Waals surface area contributed by atoms with Crippen LogP contribution >= 0.6 is 0 Å². The molecule has 1 spiro atoms. The third kappa shape index (κ3) is 3.70. The number of nitrogens with one attached hydrogen (secondary N) is 1. The number of sulfonamides is 1. The molecule has 1 fully saturated rings. The van der Waals surface area contributed by atoms with Crippen molar-refractivity contribution in [2.75, 3.05) is 13.1 Å². The highest BCUT2D eigenvalue weighted by atomic mass is 32.2. The summed E-state index contributed by atoms with van der Waals surface area (Å²) in [5, 5.41) is 2.88. The third-order valence-corrected chi connectivity index (χ3v) is 7.42. The van der Waals surface area contributed by atoms with E-state index in [4.69, 9.17) is 0 Å². The number of carbonyl (C=O) groups excluding carboxylic acids is 1. The van der Waals surface area contributed by atoms with Crippen molar-refractivity contribution in [3.05, 3.63) is 65.5 Å². The summed E-state index contributed by atoms with van der Waals surface area (Å²) in [6.45, 7) is 2.51. The Balaban J connectivity index is 1.52. The van der Waals surface area contributed by atoms with Crippen LogP contribution in [0.4, 0.5) is 4.39 Å². The van der Waals surface area contributed by atoms with Crippen LogP contribution in [-0.2, 0) is 21.2 Å². The fourth-order valence-electron chi connectivity index (χ4n) is 3.77. The number of halogens is 1. The molecule has 2 aliphatic rings. The van der Waals surface area contributed by atoms with Gasteiger partial charge in [0.2, 0.25) is 10.0 Å². The molecule has 2 aliphatic heterocycles. The molecule has 4 rings (SSSR count). The van der Waals surface area contributed by atoms with Crippen LogP contribution in [0.1, 0.15) is 30.9 Å². The Morgan fingerprint density at radius 3 is 2.45 bits per heavy atom. The second kappa shape index (κ2) is 7.35. The Hall–Kier alpha value is -2.58. The van der Waals surface area contributed by atoms with E-state index in [0.717, 1.165) is 12.0 Å². The molecule has 1 amide bonds. The fraction of sp³-hybridized carbons (Fsp3) is 0.333. The number of aryl methyl sites for hydroxylation is 1. The first-order chi connectivity index (χ1) is 13.8. The number of rotatable bonds is 4. The van der Waals surface area contributed by atoms with E-state index in [1.165, 1.54) is 22.5 Å². The summed E-state index contributed by atoms with van der Waals surface area (Å²) in [5.74, 6) is -0.795. The van der Waals surface area contributed by atoms with Crippen LogP contribution in [0.5, 0.6) is 0 Å². The minimum atomic E-state index is -3.60. The molecule has 152 valence electrons. The highest BCUT2D eigenvalue weighted by Crippen LogP contribution is 2.31. The lowest BCUT2D eigenvalue weighted by atomic mass is 10.00. The molecule has 0 atom stereocenters. The number of hydrogen-bond donors (Lipinski definition) is 1. The second-order valence-corrected chi connectivity index (χ2v) is 9.30. The van der Waals surface area contributed by atoms with Gasteiger partial charge >= 0.3 is 0 Å². The van der Waals surface area contributed by atoms with E-state index in [0.29, 0.717) is 18.4 Å². The molecule has 0 aliphatic carbocycles. The first-order valence-corrected chi connectivity index (χ1v) is 11.0. The maximum absolute atomic E-state index is 13.5. The largest absolute Gasteiger partial charge is 0.326 e. The molecular formula is C21H22FN3O3S. The molecular weight excluding hydrogens is 393 g/mol. The summed E-state index contributed by atoms with van der Waals surface area (Å²) in [6, 6.07) is 12.7. The molecule has 6 nitrogen and oxygen atoms in total. The molecule has 0 bridgehead atoms. The monoisotopic (exact) mass is 415 g/mol. The molecule has 8 heteroatoms. The SMILES string of the molecule is CCc1ccc(S(=O)(=O)N2CCC3(CC2)N=C(c2cccc(F)c2)C(=O)N3)cc1. The van der Waals surface area contributed by atoms with Crippen molar-refractivity contribution in [3.8, 4) is 0 Å². The van der Waals surface area contributed by atoms with Gasteiger partial charge in [0.15, 0.2) is 0 Å². The number of hydrogen-bond acceptors (Lipinski definition) is 4. The smallest absolute Gasteiger partial charge is 0.272 e. The van der Waals surface area contributed by atoms with Crippen molar-refractivity contribution >= 4 is 21.6 Å². The maximum atomic E-state index is 13.5. The standard InChI is InChI=1S/C21H22FN3O3S/c1-2-15-6-8-18(9-7-15)29(27,28)25-12-10-21(11-13-25)23-19(20(26)24-21)16-4-3-5-17(22)14-16/h3-9,14H,2,10-13H2,1H3,(H,24,26). The van der Waals surface area contributed by atoms with Crippen LogP contribution < -0.4 is 5.32 Å². The summed E-state index contributed by atoms with van der Waals surface area (Å²) in [4.78, 5) is 17.2. The summed E-state index contributed by atoms with van der Waals surface area (Å²) in [7, 11) is -3.60. The molecule has 29 heavy (non-hydrogen) atoms. The lowest BCUT2D eigenvalue weighted by molar-refractivity contribution is -0.115. The Kier molecular flexibility index (Phi) is 5.00. The van der Waals surface area contributed by atoms with Crippen LogP contribution in [-0.4, -0.2) is 43.1 Å². The zero-order valence-electron chi connectivity index (χ0n) is 16.1. The third-order valence-electron chi connectivity index (χ3n) is 5.50. The molecule has 0 unspecified atom stereocenters. The van der Waals surface area contributed by atoms with Crippen LogP contribution in [0.2, 0.25) is 0 Å². The van der Waals surface area contributed by atoms with Gasteiger partial charge in [0.25, 0.3) is 5.91 Å². The Morgan fingerprint density at radius 2 is 1.83 bits per heavy atom. The number of nitrogens with zero attached hydrogens (tertiary/aromatic N) is 2. The zero-order chi connectivity index (χ0) is 20.6. The van der Waals surface area contributed by atoms with Crippen molar-refractivity contribution in [3.63, 3.8) is 0 Å². The van der Waals surface area contributed by atoms with E-state index >= 15 is 0 Å². The predicted octanol–water partition coefficient (Wildman–Crippen LogP) is 2.49. The van der Waals surface area contributed by atoms with Gasteiger partial charge in [-0.3, -0.25) is 9.79 Å². The predicted molar refractivity (Wildman–Crippen MR) is 108 cm³/mol. The van der Waals surface area contributed by atoms with Gasteiger partial charge in [0.1, 0.15) is 17.2 Å². The van der Waals surface area contributed by atoms with Crippen LogP contribution in [0, 0.1) is 5.82 Å². The summed E-state index contributed by atoms with van der Waals surface area (Å²) >= 11 is 0. The molecule has 2 aromatic carbocycles. The van der Waals surface area contributed by atoms with Crippen LogP contribution in [0.3, 0.4) is 0 Å². The van der Waals surface area contributed by atoms with Crippen molar-refractivity contribution in [1.29, 1.82) is 0 Å². The van der Waals surface area contributed by atoms with Crippen molar-refractivity contribution in [2.24, 2.45) is 4.99 Å². The number of piperidine rings is 1. The Morgan fingerprint density at radius 1 is 1.14 bits per heavy atom. The average Bonchev–Trinajstić information content (AvgIpc) is 3.04. The van der Waals surface area contributed by atoms with Gasteiger partial charge in [-0.1, -0.05) is 31.2 Å². The summed E-state index contributed by atoms with van der Waals surface area (Å²) in [5.41, 5.74) is 0.854. The fourth-order valence-corrected chi connectivity index (χ4v) is 5.22. The Labute approximate surface area is 169 Å². The van der Waals surface area contributed by atoms with E-state index < -0.39 is 21.5 Å². The molecule has 2 aromatic rings. The number of benzene rings is 2. The van der Waals surface area contributed by atoms with Gasteiger partial charge < -0.3 is 5.32 Å². The second-order valence-electron chi connectivity index (χ2n) is 7.36. The molecule has 0 radical (unpaired) electrons. The average molecular weight is 415 g/mol.